The van der Waals surface area contributed by atoms with Crippen molar-refractivity contribution in [1.82, 2.24) is 15.5 Å². The summed E-state index contributed by atoms with van der Waals surface area (Å²) in [6.07, 6.45) is 4.55. The topological polar surface area (TPSA) is 61.4 Å². The van der Waals surface area contributed by atoms with Crippen LogP contribution in [0.4, 0.5) is 0 Å². The van der Waals surface area contributed by atoms with Crippen LogP contribution in [0, 0.1) is 24.7 Å². The van der Waals surface area contributed by atoms with Gasteiger partial charge in [0.2, 0.25) is 11.8 Å². The highest BCUT2D eigenvalue weighted by molar-refractivity contribution is 5.85. The fraction of sp³-hybridized carbons (Fsp3) is 0.652. The third kappa shape index (κ3) is 7.00. The van der Waals surface area contributed by atoms with E-state index in [0.29, 0.717) is 37.9 Å². The lowest BCUT2D eigenvalue weighted by atomic mass is 9.83. The zero-order valence-electron chi connectivity index (χ0n) is 17.8. The van der Waals surface area contributed by atoms with E-state index in [1.807, 2.05) is 4.90 Å². The Balaban J connectivity index is 0.00000300. The van der Waals surface area contributed by atoms with Crippen LogP contribution in [-0.2, 0) is 16.1 Å². The first-order valence-electron chi connectivity index (χ1n) is 10.8. The average Bonchev–Trinajstić information content (AvgIpc) is 2.73. The Morgan fingerprint density at radius 2 is 1.72 bits per heavy atom. The van der Waals surface area contributed by atoms with Gasteiger partial charge in [-0.05, 0) is 63.1 Å². The number of hydrogen-bond donors (Lipinski definition) is 2. The number of hydrogen-bond acceptors (Lipinski definition) is 3. The van der Waals surface area contributed by atoms with E-state index < -0.39 is 0 Å². The van der Waals surface area contributed by atoms with Crippen molar-refractivity contribution in [3.8, 4) is 0 Å². The first-order chi connectivity index (χ1) is 13.5. The van der Waals surface area contributed by atoms with E-state index in [4.69, 9.17) is 0 Å². The van der Waals surface area contributed by atoms with Gasteiger partial charge in [0.15, 0.2) is 0 Å². The van der Waals surface area contributed by atoms with Crippen molar-refractivity contribution in [2.24, 2.45) is 17.8 Å². The maximum atomic E-state index is 12.7. The van der Waals surface area contributed by atoms with Gasteiger partial charge < -0.3 is 15.5 Å². The van der Waals surface area contributed by atoms with Gasteiger partial charge in [0.25, 0.3) is 0 Å². The third-order valence-electron chi connectivity index (χ3n) is 6.49. The lowest BCUT2D eigenvalue weighted by Crippen LogP contribution is -2.43. The second-order valence-electron chi connectivity index (χ2n) is 8.63. The predicted molar refractivity (Wildman–Crippen MR) is 119 cm³/mol. The molecule has 2 fully saturated rings. The molecular weight excluding hydrogens is 386 g/mol. The van der Waals surface area contributed by atoms with Gasteiger partial charge in [0.1, 0.15) is 0 Å². The molecule has 0 bridgehead atoms. The number of nitrogens with zero attached hydrogens (tertiary/aromatic N) is 1. The van der Waals surface area contributed by atoms with Crippen molar-refractivity contribution in [3.05, 3.63) is 35.4 Å². The van der Waals surface area contributed by atoms with Crippen LogP contribution >= 0.6 is 12.4 Å². The van der Waals surface area contributed by atoms with Gasteiger partial charge in [-0.3, -0.25) is 9.59 Å². The third-order valence-corrected chi connectivity index (χ3v) is 6.49. The summed E-state index contributed by atoms with van der Waals surface area (Å²) in [5.74, 6) is 1.53. The van der Waals surface area contributed by atoms with E-state index >= 15 is 0 Å². The van der Waals surface area contributed by atoms with Crippen molar-refractivity contribution in [1.29, 1.82) is 0 Å². The molecule has 0 radical (unpaired) electrons. The van der Waals surface area contributed by atoms with E-state index in [-0.39, 0.29) is 30.1 Å². The van der Waals surface area contributed by atoms with Gasteiger partial charge in [-0.1, -0.05) is 36.8 Å². The molecule has 6 heteroatoms. The smallest absolute Gasteiger partial charge is 0.223 e. The molecule has 1 atom stereocenters. The van der Waals surface area contributed by atoms with Crippen LogP contribution in [0.25, 0.3) is 0 Å². The quantitative estimate of drug-likeness (QED) is 0.740. The molecule has 2 aliphatic heterocycles. The zero-order valence-corrected chi connectivity index (χ0v) is 18.6. The molecule has 29 heavy (non-hydrogen) atoms. The van der Waals surface area contributed by atoms with E-state index in [2.05, 4.69) is 48.7 Å². The highest BCUT2D eigenvalue weighted by Gasteiger charge is 2.29. The molecule has 1 unspecified atom stereocenters. The monoisotopic (exact) mass is 421 g/mol. The summed E-state index contributed by atoms with van der Waals surface area (Å²) in [6.45, 7) is 8.43. The van der Waals surface area contributed by atoms with Gasteiger partial charge in [-0.2, -0.15) is 0 Å². The van der Waals surface area contributed by atoms with Crippen molar-refractivity contribution in [3.63, 3.8) is 0 Å². The Kier molecular flexibility index (Phi) is 9.44. The van der Waals surface area contributed by atoms with E-state index in [1.165, 1.54) is 18.4 Å². The van der Waals surface area contributed by atoms with Crippen molar-refractivity contribution >= 4 is 24.2 Å². The minimum atomic E-state index is 0. The first kappa shape index (κ1) is 23.7. The number of piperidine rings is 2. The number of amides is 2. The number of carbonyl (C=O) groups is 2. The summed E-state index contributed by atoms with van der Waals surface area (Å²) < 4.78 is 0. The fourth-order valence-corrected chi connectivity index (χ4v) is 4.42. The van der Waals surface area contributed by atoms with E-state index in [1.54, 1.807) is 0 Å². The van der Waals surface area contributed by atoms with Crippen LogP contribution in [0.3, 0.4) is 0 Å². The van der Waals surface area contributed by atoms with Gasteiger partial charge in [-0.25, -0.2) is 0 Å². The standard InChI is InChI=1S/C23H35N3O2.ClH/c1-17-3-5-19(6-4-17)16-25-23(28)21-9-13-26(14-10-21)22(27)15-18(2)20-7-11-24-12-8-20;/h3-6,18,20-21,24H,7-16H2,1-2H3,(H,25,28);1H. The van der Waals surface area contributed by atoms with Crippen LogP contribution < -0.4 is 10.6 Å². The number of benzene rings is 1. The fourth-order valence-electron chi connectivity index (χ4n) is 4.42. The van der Waals surface area contributed by atoms with Crippen LogP contribution in [0.2, 0.25) is 0 Å². The summed E-state index contributed by atoms with van der Waals surface area (Å²) in [7, 11) is 0. The minimum absolute atomic E-state index is 0. The Hall–Kier alpha value is -1.59. The molecule has 2 aliphatic rings. The first-order valence-corrected chi connectivity index (χ1v) is 10.8. The number of carbonyl (C=O) groups excluding carboxylic acids is 2. The molecule has 0 aromatic heterocycles. The molecule has 2 amide bonds. The van der Waals surface area contributed by atoms with Crippen LogP contribution in [0.1, 0.15) is 50.2 Å². The summed E-state index contributed by atoms with van der Waals surface area (Å²) in [5, 5.41) is 6.45. The van der Waals surface area contributed by atoms with Crippen LogP contribution in [0.15, 0.2) is 24.3 Å². The molecule has 162 valence electrons. The zero-order chi connectivity index (χ0) is 19.9. The summed E-state index contributed by atoms with van der Waals surface area (Å²) in [4.78, 5) is 27.1. The summed E-state index contributed by atoms with van der Waals surface area (Å²) >= 11 is 0. The molecule has 0 spiro atoms. The van der Waals surface area contributed by atoms with E-state index in [0.717, 1.165) is 31.5 Å². The van der Waals surface area contributed by atoms with E-state index in [9.17, 15) is 9.59 Å². The van der Waals surface area contributed by atoms with Crippen LogP contribution in [-0.4, -0.2) is 42.9 Å². The number of likely N-dealkylation sites (tertiary alicyclic amines) is 1. The normalized spacial score (nSPS) is 19.3. The summed E-state index contributed by atoms with van der Waals surface area (Å²) in [6, 6.07) is 8.24. The number of halogens is 1. The van der Waals surface area contributed by atoms with Gasteiger partial charge >= 0.3 is 0 Å². The molecule has 1 aromatic rings. The molecule has 1 aromatic carbocycles. The van der Waals surface area contributed by atoms with Crippen molar-refractivity contribution < 1.29 is 9.59 Å². The number of rotatable bonds is 6. The number of aryl methyl sites for hydroxylation is 1. The summed E-state index contributed by atoms with van der Waals surface area (Å²) in [5.41, 5.74) is 2.35. The van der Waals surface area contributed by atoms with Gasteiger partial charge in [0, 0.05) is 32.0 Å². The van der Waals surface area contributed by atoms with Crippen molar-refractivity contribution in [2.45, 2.75) is 52.5 Å². The lowest BCUT2D eigenvalue weighted by Gasteiger charge is -2.34. The van der Waals surface area contributed by atoms with Gasteiger partial charge in [-0.15, -0.1) is 12.4 Å². The Morgan fingerprint density at radius 3 is 2.34 bits per heavy atom. The minimum Gasteiger partial charge on any atom is -0.352 e. The molecular formula is C23H36ClN3O2. The average molecular weight is 422 g/mol. The number of nitrogens with one attached hydrogen (secondary N) is 2. The van der Waals surface area contributed by atoms with Crippen molar-refractivity contribution in [2.75, 3.05) is 26.2 Å². The predicted octanol–water partition coefficient (Wildman–Crippen LogP) is 3.30. The molecule has 0 aliphatic carbocycles. The van der Waals surface area contributed by atoms with Gasteiger partial charge in [0.05, 0.1) is 0 Å². The SMILES string of the molecule is Cc1ccc(CNC(=O)C2CCN(C(=O)CC(C)C3CCNCC3)CC2)cc1.Cl. The maximum absolute atomic E-state index is 12.7. The highest BCUT2D eigenvalue weighted by Crippen LogP contribution is 2.26. The second kappa shape index (κ2) is 11.6. The second-order valence-corrected chi connectivity index (χ2v) is 8.63. The molecule has 3 rings (SSSR count). The maximum Gasteiger partial charge on any atom is 0.223 e. The molecule has 2 N–H and O–H groups in total. The Morgan fingerprint density at radius 1 is 1.10 bits per heavy atom. The lowest BCUT2D eigenvalue weighted by molar-refractivity contribution is -0.136. The molecule has 2 saturated heterocycles. The highest BCUT2D eigenvalue weighted by atomic mass is 35.5. The largest absolute Gasteiger partial charge is 0.352 e. The Bertz CT molecular complexity index is 651. The van der Waals surface area contributed by atoms with Crippen LogP contribution in [0.5, 0.6) is 0 Å². The molecule has 0 saturated carbocycles. The Labute approximate surface area is 181 Å². The molecule has 5 nitrogen and oxygen atoms in total. The molecule has 2 heterocycles.